The molecule has 2 fully saturated rings. The average molecular weight is 281 g/mol. The van der Waals surface area contributed by atoms with E-state index in [9.17, 15) is 14.7 Å². The molecule has 0 aromatic carbocycles. The SMILES string of the molecule is CC1CC(C(=O)O)C(C(=O)N2CCC(C(C)C)CC2)C1. The summed E-state index contributed by atoms with van der Waals surface area (Å²) in [5, 5.41) is 9.29. The van der Waals surface area contributed by atoms with Crippen molar-refractivity contribution in [2.75, 3.05) is 13.1 Å². The van der Waals surface area contributed by atoms with Crippen LogP contribution in [0.4, 0.5) is 0 Å². The van der Waals surface area contributed by atoms with Gasteiger partial charge in [-0.05, 0) is 43.4 Å². The predicted molar refractivity (Wildman–Crippen MR) is 77.2 cm³/mol. The van der Waals surface area contributed by atoms with E-state index in [2.05, 4.69) is 13.8 Å². The first-order valence-corrected chi connectivity index (χ1v) is 7.91. The molecule has 3 unspecified atom stereocenters. The number of hydrogen-bond donors (Lipinski definition) is 1. The number of likely N-dealkylation sites (tertiary alicyclic amines) is 1. The zero-order chi connectivity index (χ0) is 14.9. The Balaban J connectivity index is 1.96. The molecule has 0 spiro atoms. The van der Waals surface area contributed by atoms with Gasteiger partial charge in [0.05, 0.1) is 11.8 Å². The number of carbonyl (C=O) groups is 2. The van der Waals surface area contributed by atoms with Crippen LogP contribution in [0.15, 0.2) is 0 Å². The lowest BCUT2D eigenvalue weighted by molar-refractivity contribution is -0.149. The second kappa shape index (κ2) is 6.15. The van der Waals surface area contributed by atoms with Crippen molar-refractivity contribution >= 4 is 11.9 Å². The van der Waals surface area contributed by atoms with Crippen molar-refractivity contribution in [3.63, 3.8) is 0 Å². The van der Waals surface area contributed by atoms with Crippen molar-refractivity contribution in [3.05, 3.63) is 0 Å². The highest BCUT2D eigenvalue weighted by atomic mass is 16.4. The number of hydrogen-bond acceptors (Lipinski definition) is 2. The first-order chi connectivity index (χ1) is 9.40. The fourth-order valence-corrected chi connectivity index (χ4v) is 3.86. The van der Waals surface area contributed by atoms with Crippen LogP contribution in [0.5, 0.6) is 0 Å². The molecule has 1 aliphatic carbocycles. The number of aliphatic carboxylic acids is 1. The summed E-state index contributed by atoms with van der Waals surface area (Å²) in [6.07, 6.45) is 3.50. The Kier molecular flexibility index (Phi) is 4.71. The normalized spacial score (nSPS) is 31.8. The standard InChI is InChI=1S/C16H27NO3/c1-10(2)12-4-6-17(7-5-12)15(18)13-8-11(3)9-14(13)16(19)20/h10-14H,4-9H2,1-3H3,(H,19,20). The first-order valence-electron chi connectivity index (χ1n) is 7.91. The van der Waals surface area contributed by atoms with Gasteiger partial charge in [-0.1, -0.05) is 20.8 Å². The van der Waals surface area contributed by atoms with Crippen molar-refractivity contribution in [2.24, 2.45) is 29.6 Å². The average Bonchev–Trinajstić information content (AvgIpc) is 2.80. The topological polar surface area (TPSA) is 57.6 Å². The third kappa shape index (κ3) is 3.15. The maximum absolute atomic E-state index is 12.6. The third-order valence-electron chi connectivity index (χ3n) is 5.23. The van der Waals surface area contributed by atoms with E-state index in [1.165, 1.54) is 0 Å². The fraction of sp³-hybridized carbons (Fsp3) is 0.875. The molecule has 1 saturated heterocycles. The van der Waals surface area contributed by atoms with E-state index in [4.69, 9.17) is 0 Å². The van der Waals surface area contributed by atoms with Gasteiger partial charge >= 0.3 is 5.97 Å². The van der Waals surface area contributed by atoms with Crippen LogP contribution in [0.2, 0.25) is 0 Å². The van der Waals surface area contributed by atoms with Crippen LogP contribution in [0.3, 0.4) is 0 Å². The number of piperidine rings is 1. The quantitative estimate of drug-likeness (QED) is 0.865. The van der Waals surface area contributed by atoms with E-state index in [1.807, 2.05) is 11.8 Å². The summed E-state index contributed by atoms with van der Waals surface area (Å²) in [5.41, 5.74) is 0. The van der Waals surface area contributed by atoms with Crippen molar-refractivity contribution in [2.45, 2.75) is 46.5 Å². The van der Waals surface area contributed by atoms with E-state index in [0.717, 1.165) is 32.4 Å². The van der Waals surface area contributed by atoms with Crippen LogP contribution in [0.25, 0.3) is 0 Å². The molecule has 1 N–H and O–H groups in total. The molecular formula is C16H27NO3. The van der Waals surface area contributed by atoms with E-state index >= 15 is 0 Å². The summed E-state index contributed by atoms with van der Waals surface area (Å²) in [4.78, 5) is 25.8. The molecule has 1 saturated carbocycles. The molecule has 1 amide bonds. The Morgan fingerprint density at radius 2 is 1.65 bits per heavy atom. The van der Waals surface area contributed by atoms with Gasteiger partial charge in [0.25, 0.3) is 0 Å². The van der Waals surface area contributed by atoms with Crippen LogP contribution in [0.1, 0.15) is 46.5 Å². The van der Waals surface area contributed by atoms with Gasteiger partial charge in [-0.15, -0.1) is 0 Å². The van der Waals surface area contributed by atoms with Gasteiger partial charge in [0.15, 0.2) is 0 Å². The molecular weight excluding hydrogens is 254 g/mol. The van der Waals surface area contributed by atoms with Crippen molar-refractivity contribution in [3.8, 4) is 0 Å². The lowest BCUT2D eigenvalue weighted by atomic mass is 9.85. The number of carboxylic acids is 1. The molecule has 0 radical (unpaired) electrons. The molecule has 4 nitrogen and oxygen atoms in total. The van der Waals surface area contributed by atoms with Gasteiger partial charge in [-0.25, -0.2) is 0 Å². The Morgan fingerprint density at radius 3 is 2.15 bits per heavy atom. The molecule has 1 heterocycles. The summed E-state index contributed by atoms with van der Waals surface area (Å²) in [6.45, 7) is 8.13. The van der Waals surface area contributed by atoms with Crippen LogP contribution >= 0.6 is 0 Å². The molecule has 0 aromatic rings. The van der Waals surface area contributed by atoms with Gasteiger partial charge in [-0.3, -0.25) is 9.59 Å². The largest absolute Gasteiger partial charge is 0.481 e. The molecule has 4 heteroatoms. The highest BCUT2D eigenvalue weighted by molar-refractivity contribution is 5.85. The molecule has 0 bridgehead atoms. The van der Waals surface area contributed by atoms with Crippen molar-refractivity contribution in [1.82, 2.24) is 4.90 Å². The van der Waals surface area contributed by atoms with Crippen LogP contribution in [0, 0.1) is 29.6 Å². The molecule has 0 aromatic heterocycles. The summed E-state index contributed by atoms with van der Waals surface area (Å²) < 4.78 is 0. The van der Waals surface area contributed by atoms with Crippen LogP contribution in [-0.4, -0.2) is 35.0 Å². The maximum atomic E-state index is 12.6. The van der Waals surface area contributed by atoms with Gasteiger partial charge in [0.2, 0.25) is 5.91 Å². The zero-order valence-corrected chi connectivity index (χ0v) is 12.8. The lowest BCUT2D eigenvalue weighted by Gasteiger charge is -2.35. The number of rotatable bonds is 3. The van der Waals surface area contributed by atoms with E-state index in [1.54, 1.807) is 0 Å². The highest BCUT2D eigenvalue weighted by Crippen LogP contribution is 2.38. The van der Waals surface area contributed by atoms with Gasteiger partial charge in [-0.2, -0.15) is 0 Å². The minimum Gasteiger partial charge on any atom is -0.481 e. The Hall–Kier alpha value is -1.06. The predicted octanol–water partition coefficient (Wildman–Crippen LogP) is 2.63. The van der Waals surface area contributed by atoms with Gasteiger partial charge < -0.3 is 10.0 Å². The van der Waals surface area contributed by atoms with Gasteiger partial charge in [0, 0.05) is 13.1 Å². The second-order valence-electron chi connectivity index (χ2n) is 7.03. The molecule has 114 valence electrons. The minimum absolute atomic E-state index is 0.0870. The number of carbonyl (C=O) groups excluding carboxylic acids is 1. The number of carboxylic acid groups (broad SMARTS) is 1. The third-order valence-corrected chi connectivity index (χ3v) is 5.23. The summed E-state index contributed by atoms with van der Waals surface area (Å²) in [5.74, 6) is 0.243. The van der Waals surface area contributed by atoms with Crippen molar-refractivity contribution < 1.29 is 14.7 Å². The second-order valence-corrected chi connectivity index (χ2v) is 7.03. The monoisotopic (exact) mass is 281 g/mol. The van der Waals surface area contributed by atoms with Crippen molar-refractivity contribution in [1.29, 1.82) is 0 Å². The van der Waals surface area contributed by atoms with Crippen LogP contribution < -0.4 is 0 Å². The first kappa shape index (κ1) is 15.3. The van der Waals surface area contributed by atoms with E-state index < -0.39 is 11.9 Å². The minimum atomic E-state index is -0.801. The van der Waals surface area contributed by atoms with E-state index in [0.29, 0.717) is 24.2 Å². The smallest absolute Gasteiger partial charge is 0.307 e. The lowest BCUT2D eigenvalue weighted by Crippen LogP contribution is -2.44. The summed E-state index contributed by atoms with van der Waals surface area (Å²) in [7, 11) is 0. The zero-order valence-electron chi connectivity index (χ0n) is 12.8. The Bertz CT molecular complexity index is 372. The van der Waals surface area contributed by atoms with Gasteiger partial charge in [0.1, 0.15) is 0 Å². The molecule has 2 rings (SSSR count). The Labute approximate surface area is 121 Å². The number of amides is 1. The number of nitrogens with zero attached hydrogens (tertiary/aromatic N) is 1. The summed E-state index contributed by atoms with van der Waals surface area (Å²) in [6, 6.07) is 0. The maximum Gasteiger partial charge on any atom is 0.307 e. The molecule has 20 heavy (non-hydrogen) atoms. The summed E-state index contributed by atoms with van der Waals surface area (Å²) >= 11 is 0. The molecule has 1 aliphatic heterocycles. The van der Waals surface area contributed by atoms with Crippen LogP contribution in [-0.2, 0) is 9.59 Å². The molecule has 2 aliphatic rings. The van der Waals surface area contributed by atoms with E-state index in [-0.39, 0.29) is 11.8 Å². The molecule has 3 atom stereocenters. The highest BCUT2D eigenvalue weighted by Gasteiger charge is 2.43. The fourth-order valence-electron chi connectivity index (χ4n) is 3.86. The Morgan fingerprint density at radius 1 is 1.10 bits per heavy atom.